The summed E-state index contributed by atoms with van der Waals surface area (Å²) < 4.78 is 15.2. The normalized spacial score (nSPS) is 14.6. The first-order valence-corrected chi connectivity index (χ1v) is 9.31. The Bertz CT molecular complexity index is 916. The fourth-order valence-electron chi connectivity index (χ4n) is 3.43. The quantitative estimate of drug-likeness (QED) is 0.723. The summed E-state index contributed by atoms with van der Waals surface area (Å²) in [5.74, 6) is -1.22. The van der Waals surface area contributed by atoms with E-state index < -0.39 is 11.9 Å². The molecule has 0 aromatic heterocycles. The Balaban J connectivity index is 1.98. The summed E-state index contributed by atoms with van der Waals surface area (Å²) >= 11 is 0. The largest absolute Gasteiger partial charge is 0.466 e. The Kier molecular flexibility index (Phi) is 6.03. The lowest BCUT2D eigenvalue weighted by atomic mass is 9.78. The average molecular weight is 395 g/mol. The van der Waals surface area contributed by atoms with E-state index in [2.05, 4.69) is 26.0 Å². The molecule has 0 saturated carbocycles. The molecule has 0 fully saturated rings. The lowest BCUT2D eigenvalue weighted by molar-refractivity contribution is -0.140. The number of hydrogen-bond acceptors (Lipinski definition) is 6. The standard InChI is InChI=1S/C23H25NO5/c1-23(2,16-8-6-5-7-9-16)17-10-12-18(13-11-17)24-15-29-14-19(21(25)27-3)20(24)22(26)28-4/h5-13H,14-15H2,1-4H3. The summed E-state index contributed by atoms with van der Waals surface area (Å²) in [5.41, 5.74) is 3.15. The first-order chi connectivity index (χ1) is 13.9. The lowest BCUT2D eigenvalue weighted by Crippen LogP contribution is -2.38. The van der Waals surface area contributed by atoms with Gasteiger partial charge < -0.3 is 19.1 Å². The van der Waals surface area contributed by atoms with Crippen LogP contribution < -0.4 is 4.90 Å². The van der Waals surface area contributed by atoms with E-state index >= 15 is 0 Å². The molecule has 0 amide bonds. The Hall–Kier alpha value is -3.12. The summed E-state index contributed by atoms with van der Waals surface area (Å²) in [6, 6.07) is 18.1. The molecular weight excluding hydrogens is 370 g/mol. The molecule has 3 rings (SSSR count). The number of carbonyl (C=O) groups excluding carboxylic acids is 2. The highest BCUT2D eigenvalue weighted by Crippen LogP contribution is 2.33. The third-order valence-electron chi connectivity index (χ3n) is 5.23. The van der Waals surface area contributed by atoms with Crippen LogP contribution in [0.4, 0.5) is 5.69 Å². The first-order valence-electron chi connectivity index (χ1n) is 9.31. The van der Waals surface area contributed by atoms with E-state index in [1.165, 1.54) is 19.8 Å². The smallest absolute Gasteiger partial charge is 0.355 e. The maximum atomic E-state index is 12.4. The van der Waals surface area contributed by atoms with E-state index in [0.717, 1.165) is 11.3 Å². The summed E-state index contributed by atoms with van der Waals surface area (Å²) in [4.78, 5) is 26.2. The van der Waals surface area contributed by atoms with Crippen molar-refractivity contribution in [1.29, 1.82) is 0 Å². The van der Waals surface area contributed by atoms with Crippen LogP contribution in [0.5, 0.6) is 0 Å². The number of rotatable bonds is 5. The predicted octanol–water partition coefficient (Wildman–Crippen LogP) is 3.41. The van der Waals surface area contributed by atoms with Crippen LogP contribution >= 0.6 is 0 Å². The van der Waals surface area contributed by atoms with Crippen LogP contribution in [0.2, 0.25) is 0 Å². The molecular formula is C23H25NO5. The molecule has 0 saturated heterocycles. The zero-order valence-corrected chi connectivity index (χ0v) is 17.1. The van der Waals surface area contributed by atoms with E-state index in [-0.39, 0.29) is 30.0 Å². The second-order valence-corrected chi connectivity index (χ2v) is 7.25. The van der Waals surface area contributed by atoms with Crippen LogP contribution in [0.1, 0.15) is 25.0 Å². The molecule has 0 unspecified atom stereocenters. The summed E-state index contributed by atoms with van der Waals surface area (Å²) in [6.07, 6.45) is 0. The van der Waals surface area contributed by atoms with Gasteiger partial charge in [0.1, 0.15) is 12.4 Å². The SMILES string of the molecule is COC(=O)C1=C(C(=O)OC)N(c2ccc(C(C)(C)c3ccccc3)cc2)COC1. The van der Waals surface area contributed by atoms with Gasteiger partial charge in [-0.15, -0.1) is 0 Å². The number of carbonyl (C=O) groups is 2. The van der Waals surface area contributed by atoms with Crippen molar-refractivity contribution < 1.29 is 23.8 Å². The maximum absolute atomic E-state index is 12.4. The number of benzene rings is 2. The molecule has 0 spiro atoms. The van der Waals surface area contributed by atoms with Crippen molar-refractivity contribution in [2.75, 3.05) is 32.5 Å². The van der Waals surface area contributed by atoms with Crippen molar-refractivity contribution in [3.63, 3.8) is 0 Å². The van der Waals surface area contributed by atoms with Crippen LogP contribution in [-0.2, 0) is 29.2 Å². The van der Waals surface area contributed by atoms with Crippen molar-refractivity contribution >= 4 is 17.6 Å². The van der Waals surface area contributed by atoms with Gasteiger partial charge in [-0.05, 0) is 23.3 Å². The first kappa shape index (κ1) is 20.6. The zero-order valence-electron chi connectivity index (χ0n) is 17.1. The molecule has 2 aromatic carbocycles. The molecule has 0 N–H and O–H groups in total. The molecule has 29 heavy (non-hydrogen) atoms. The van der Waals surface area contributed by atoms with Crippen LogP contribution in [0, 0.1) is 0 Å². The molecule has 0 bridgehead atoms. The van der Waals surface area contributed by atoms with Crippen molar-refractivity contribution in [2.45, 2.75) is 19.3 Å². The van der Waals surface area contributed by atoms with Gasteiger partial charge in [-0.2, -0.15) is 0 Å². The molecule has 0 radical (unpaired) electrons. The lowest BCUT2D eigenvalue weighted by Gasteiger charge is -2.32. The molecule has 1 aliphatic rings. The summed E-state index contributed by atoms with van der Waals surface area (Å²) in [7, 11) is 2.55. The van der Waals surface area contributed by atoms with E-state index in [9.17, 15) is 9.59 Å². The summed E-state index contributed by atoms with van der Waals surface area (Å²) in [6.45, 7) is 4.45. The van der Waals surface area contributed by atoms with Crippen LogP contribution in [-0.4, -0.2) is 39.5 Å². The van der Waals surface area contributed by atoms with Gasteiger partial charge >= 0.3 is 11.9 Å². The second-order valence-electron chi connectivity index (χ2n) is 7.25. The van der Waals surface area contributed by atoms with Gasteiger partial charge in [0, 0.05) is 11.1 Å². The molecule has 6 heteroatoms. The summed E-state index contributed by atoms with van der Waals surface area (Å²) in [5, 5.41) is 0. The highest BCUT2D eigenvalue weighted by molar-refractivity contribution is 6.03. The van der Waals surface area contributed by atoms with Crippen molar-refractivity contribution in [1.82, 2.24) is 0 Å². The fraction of sp³-hybridized carbons (Fsp3) is 0.304. The number of hydrogen-bond donors (Lipinski definition) is 0. The van der Waals surface area contributed by atoms with E-state index in [0.29, 0.717) is 0 Å². The zero-order chi connectivity index (χ0) is 21.0. The molecule has 6 nitrogen and oxygen atoms in total. The highest BCUT2D eigenvalue weighted by atomic mass is 16.5. The topological polar surface area (TPSA) is 65.1 Å². The van der Waals surface area contributed by atoms with E-state index in [1.807, 2.05) is 42.5 Å². The number of nitrogens with zero attached hydrogens (tertiary/aromatic N) is 1. The number of esters is 2. The van der Waals surface area contributed by atoms with Gasteiger partial charge in [-0.3, -0.25) is 0 Å². The molecule has 1 aliphatic heterocycles. The number of anilines is 1. The Labute approximate surface area is 170 Å². The Morgan fingerprint density at radius 1 is 0.897 bits per heavy atom. The highest BCUT2D eigenvalue weighted by Gasteiger charge is 2.32. The second kappa shape index (κ2) is 8.49. The monoisotopic (exact) mass is 395 g/mol. The van der Waals surface area contributed by atoms with Crippen molar-refractivity contribution in [3.8, 4) is 0 Å². The minimum Gasteiger partial charge on any atom is -0.466 e. The van der Waals surface area contributed by atoms with Crippen molar-refractivity contribution in [2.24, 2.45) is 0 Å². The fourth-order valence-corrected chi connectivity index (χ4v) is 3.43. The van der Waals surface area contributed by atoms with E-state index in [1.54, 1.807) is 4.90 Å². The van der Waals surface area contributed by atoms with Gasteiger partial charge in [-0.1, -0.05) is 56.3 Å². The van der Waals surface area contributed by atoms with Crippen molar-refractivity contribution in [3.05, 3.63) is 77.0 Å². The van der Waals surface area contributed by atoms with Gasteiger partial charge in [0.25, 0.3) is 0 Å². The Morgan fingerprint density at radius 3 is 2.07 bits per heavy atom. The van der Waals surface area contributed by atoms with Gasteiger partial charge in [-0.25, -0.2) is 9.59 Å². The van der Waals surface area contributed by atoms with Gasteiger partial charge in [0.05, 0.1) is 26.4 Å². The van der Waals surface area contributed by atoms with Crippen LogP contribution in [0.3, 0.4) is 0 Å². The minimum atomic E-state index is -0.614. The van der Waals surface area contributed by atoms with Gasteiger partial charge in [0.2, 0.25) is 0 Å². The molecule has 0 aliphatic carbocycles. The maximum Gasteiger partial charge on any atom is 0.355 e. The molecule has 1 heterocycles. The van der Waals surface area contributed by atoms with Crippen LogP contribution in [0.25, 0.3) is 0 Å². The van der Waals surface area contributed by atoms with Gasteiger partial charge in [0.15, 0.2) is 0 Å². The third-order valence-corrected chi connectivity index (χ3v) is 5.23. The number of ether oxygens (including phenoxy) is 3. The average Bonchev–Trinajstić information content (AvgIpc) is 2.78. The van der Waals surface area contributed by atoms with Crippen LogP contribution in [0.15, 0.2) is 65.9 Å². The van der Waals surface area contributed by atoms with E-state index in [4.69, 9.17) is 14.2 Å². The Morgan fingerprint density at radius 2 is 1.48 bits per heavy atom. The molecule has 0 atom stereocenters. The predicted molar refractivity (Wildman–Crippen MR) is 109 cm³/mol. The third kappa shape index (κ3) is 4.03. The number of methoxy groups -OCH3 is 2. The molecule has 2 aromatic rings. The minimum absolute atomic E-state index is 0.00721. The molecule has 152 valence electrons.